The molecular formula is C16H22N4O2. The number of esters is 1. The van der Waals surface area contributed by atoms with Crippen molar-refractivity contribution in [2.75, 3.05) is 25.0 Å². The third kappa shape index (κ3) is 4.31. The maximum atomic E-state index is 11.5. The molecule has 0 atom stereocenters. The summed E-state index contributed by atoms with van der Waals surface area (Å²) in [7, 11) is 0. The third-order valence-electron chi connectivity index (χ3n) is 3.37. The second-order valence-electron chi connectivity index (χ2n) is 4.97. The molecule has 0 amide bonds. The average Bonchev–Trinajstić information content (AvgIpc) is 2.55. The van der Waals surface area contributed by atoms with Crippen molar-refractivity contribution in [2.45, 2.75) is 26.2 Å². The van der Waals surface area contributed by atoms with Gasteiger partial charge in [0, 0.05) is 37.6 Å². The van der Waals surface area contributed by atoms with Gasteiger partial charge in [0.15, 0.2) is 0 Å². The Balaban J connectivity index is 1.88. The van der Waals surface area contributed by atoms with Gasteiger partial charge in [-0.05, 0) is 31.4 Å². The van der Waals surface area contributed by atoms with E-state index in [0.717, 1.165) is 30.9 Å². The Morgan fingerprint density at radius 3 is 3.18 bits per heavy atom. The average molecular weight is 302 g/mol. The summed E-state index contributed by atoms with van der Waals surface area (Å²) in [5.74, 6) is 0.534. The van der Waals surface area contributed by atoms with Crippen LogP contribution in [-0.2, 0) is 22.4 Å². The van der Waals surface area contributed by atoms with Crippen molar-refractivity contribution in [3.05, 3.63) is 35.2 Å². The molecule has 1 aromatic rings. The Bertz CT molecular complexity index is 582. The van der Waals surface area contributed by atoms with Gasteiger partial charge in [-0.3, -0.25) is 4.99 Å². The maximum Gasteiger partial charge on any atom is 0.341 e. The molecule has 0 aromatic carbocycles. The van der Waals surface area contributed by atoms with E-state index in [2.05, 4.69) is 21.4 Å². The Morgan fingerprint density at radius 2 is 2.41 bits per heavy atom. The molecular weight excluding hydrogens is 280 g/mol. The first-order chi connectivity index (χ1) is 10.7. The summed E-state index contributed by atoms with van der Waals surface area (Å²) in [6.45, 7) is 3.59. The first-order valence-corrected chi connectivity index (χ1v) is 7.56. The van der Waals surface area contributed by atoms with Crippen molar-refractivity contribution in [1.82, 2.24) is 4.98 Å². The highest BCUT2D eigenvalue weighted by Gasteiger charge is 2.10. The van der Waals surface area contributed by atoms with Crippen molar-refractivity contribution < 1.29 is 9.53 Å². The Morgan fingerprint density at radius 1 is 1.55 bits per heavy atom. The number of anilines is 1. The lowest BCUT2D eigenvalue weighted by molar-refractivity contribution is -0.137. The highest BCUT2D eigenvalue weighted by molar-refractivity contribution is 6.09. The van der Waals surface area contributed by atoms with Gasteiger partial charge in [-0.25, -0.2) is 9.78 Å². The number of rotatable bonds is 6. The van der Waals surface area contributed by atoms with E-state index >= 15 is 0 Å². The van der Waals surface area contributed by atoms with E-state index in [1.54, 1.807) is 6.92 Å². The van der Waals surface area contributed by atoms with Crippen molar-refractivity contribution in [2.24, 2.45) is 10.7 Å². The van der Waals surface area contributed by atoms with Crippen LogP contribution in [0.3, 0.4) is 0 Å². The van der Waals surface area contributed by atoms with Gasteiger partial charge < -0.3 is 15.8 Å². The minimum atomic E-state index is -0.454. The van der Waals surface area contributed by atoms with Crippen LogP contribution in [0.15, 0.2) is 28.9 Å². The number of aryl methyl sites for hydroxylation is 1. The van der Waals surface area contributed by atoms with Crippen molar-refractivity contribution in [3.8, 4) is 0 Å². The number of ether oxygens (including phenoxy) is 1. The topological polar surface area (TPSA) is 89.6 Å². The molecule has 1 aliphatic heterocycles. The van der Waals surface area contributed by atoms with Gasteiger partial charge in [-0.2, -0.15) is 0 Å². The van der Waals surface area contributed by atoms with Crippen LogP contribution in [0.1, 0.15) is 24.6 Å². The van der Waals surface area contributed by atoms with Gasteiger partial charge >= 0.3 is 5.97 Å². The summed E-state index contributed by atoms with van der Waals surface area (Å²) in [5.41, 5.74) is 7.92. The van der Waals surface area contributed by atoms with Crippen LogP contribution in [0.2, 0.25) is 0 Å². The van der Waals surface area contributed by atoms with Crippen LogP contribution in [0, 0.1) is 0 Å². The molecule has 0 fully saturated rings. The number of carbonyl (C=O) groups is 1. The number of nitrogens with zero attached hydrogens (tertiary/aromatic N) is 2. The second-order valence-corrected chi connectivity index (χ2v) is 4.97. The van der Waals surface area contributed by atoms with Crippen LogP contribution in [0.4, 0.5) is 5.82 Å². The fourth-order valence-corrected chi connectivity index (χ4v) is 2.23. The predicted octanol–water partition coefficient (Wildman–Crippen LogP) is 1.46. The van der Waals surface area contributed by atoms with Gasteiger partial charge in [0.2, 0.25) is 0 Å². The number of fused-ring (bicyclic) bond motifs is 1. The van der Waals surface area contributed by atoms with Crippen LogP contribution in [-0.4, -0.2) is 36.9 Å². The van der Waals surface area contributed by atoms with Crippen LogP contribution in [0.25, 0.3) is 0 Å². The fraction of sp³-hybridized carbons (Fsp3) is 0.438. The number of nitrogens with two attached hydrogens (primary N) is 1. The molecule has 0 radical (unpaired) electrons. The lowest BCUT2D eigenvalue weighted by Crippen LogP contribution is -2.14. The summed E-state index contributed by atoms with van der Waals surface area (Å²) in [6, 6.07) is 4.16. The van der Waals surface area contributed by atoms with Gasteiger partial charge in [-0.15, -0.1) is 0 Å². The fourth-order valence-electron chi connectivity index (χ4n) is 2.23. The smallest absolute Gasteiger partial charge is 0.341 e. The molecule has 0 spiro atoms. The van der Waals surface area contributed by atoms with E-state index in [0.29, 0.717) is 19.6 Å². The molecule has 6 nitrogen and oxygen atoms in total. The number of hydrogen-bond donors (Lipinski definition) is 2. The molecule has 1 aliphatic rings. The Kier molecular flexibility index (Phi) is 5.94. The van der Waals surface area contributed by atoms with Gasteiger partial charge in [0.1, 0.15) is 5.82 Å². The summed E-state index contributed by atoms with van der Waals surface area (Å²) in [6.07, 6.45) is 5.61. The van der Waals surface area contributed by atoms with Crippen molar-refractivity contribution in [1.29, 1.82) is 0 Å². The normalized spacial score (nSPS) is 14.5. The van der Waals surface area contributed by atoms with Gasteiger partial charge in [0.05, 0.1) is 12.2 Å². The molecule has 0 saturated heterocycles. The lowest BCUT2D eigenvalue weighted by Gasteiger charge is -2.17. The molecule has 0 unspecified atom stereocenters. The largest absolute Gasteiger partial charge is 0.462 e. The number of carbonyl (C=O) groups excluding carboxylic acids is 1. The minimum absolute atomic E-state index is 0.266. The van der Waals surface area contributed by atoms with Gasteiger partial charge in [0.25, 0.3) is 0 Å². The SMILES string of the molecule is CCOC(=O)C(C=NCCc1ccc2c(n1)NCCC2)=CN. The zero-order valence-corrected chi connectivity index (χ0v) is 12.8. The molecule has 0 bridgehead atoms. The third-order valence-corrected chi connectivity index (χ3v) is 3.37. The highest BCUT2D eigenvalue weighted by Crippen LogP contribution is 2.19. The second kappa shape index (κ2) is 8.17. The summed E-state index contributed by atoms with van der Waals surface area (Å²) in [5, 5.41) is 3.31. The maximum absolute atomic E-state index is 11.5. The zero-order valence-electron chi connectivity index (χ0n) is 12.8. The van der Waals surface area contributed by atoms with Crippen LogP contribution >= 0.6 is 0 Å². The molecule has 2 rings (SSSR count). The highest BCUT2D eigenvalue weighted by atomic mass is 16.5. The number of aliphatic imine (C=N–C) groups is 1. The molecule has 118 valence electrons. The summed E-state index contributed by atoms with van der Waals surface area (Å²) >= 11 is 0. The van der Waals surface area contributed by atoms with E-state index in [1.165, 1.54) is 18.0 Å². The van der Waals surface area contributed by atoms with Crippen LogP contribution < -0.4 is 11.1 Å². The van der Waals surface area contributed by atoms with E-state index in [9.17, 15) is 4.79 Å². The van der Waals surface area contributed by atoms with E-state index in [-0.39, 0.29) is 5.57 Å². The molecule has 22 heavy (non-hydrogen) atoms. The van der Waals surface area contributed by atoms with Gasteiger partial charge in [-0.1, -0.05) is 6.07 Å². The predicted molar refractivity (Wildman–Crippen MR) is 87.0 cm³/mol. The molecule has 2 heterocycles. The quantitative estimate of drug-likeness (QED) is 0.472. The van der Waals surface area contributed by atoms with E-state index < -0.39 is 5.97 Å². The summed E-state index contributed by atoms with van der Waals surface area (Å²) < 4.78 is 4.87. The monoisotopic (exact) mass is 302 g/mol. The number of aromatic nitrogens is 1. The molecule has 6 heteroatoms. The van der Waals surface area contributed by atoms with Crippen molar-refractivity contribution in [3.63, 3.8) is 0 Å². The first kappa shape index (κ1) is 16.0. The first-order valence-electron chi connectivity index (χ1n) is 7.56. The van der Waals surface area contributed by atoms with E-state index in [1.807, 2.05) is 6.07 Å². The Labute approximate surface area is 130 Å². The summed E-state index contributed by atoms with van der Waals surface area (Å²) in [4.78, 5) is 20.3. The number of pyridine rings is 1. The Hall–Kier alpha value is -2.37. The molecule has 0 aliphatic carbocycles. The number of nitrogens with one attached hydrogen (secondary N) is 1. The zero-order chi connectivity index (χ0) is 15.8. The van der Waals surface area contributed by atoms with Crippen LogP contribution in [0.5, 0.6) is 0 Å². The van der Waals surface area contributed by atoms with E-state index in [4.69, 9.17) is 10.5 Å². The standard InChI is InChI=1S/C16H22N4O2/c1-2-22-16(21)13(10-17)11-18-9-7-14-6-5-12-4-3-8-19-15(12)20-14/h5-6,10-11H,2-4,7-9,17H2,1H3,(H,19,20). The number of hydrogen-bond acceptors (Lipinski definition) is 6. The lowest BCUT2D eigenvalue weighted by atomic mass is 10.1. The molecule has 1 aromatic heterocycles. The minimum Gasteiger partial charge on any atom is -0.462 e. The molecule has 0 saturated carbocycles. The van der Waals surface area contributed by atoms with Crippen molar-refractivity contribution >= 4 is 18.0 Å². The molecule has 3 N–H and O–H groups in total.